The van der Waals surface area contributed by atoms with Gasteiger partial charge >= 0.3 is 0 Å². The third-order valence-electron chi connectivity index (χ3n) is 4.93. The van der Waals surface area contributed by atoms with Crippen molar-refractivity contribution >= 4 is 11.7 Å². The van der Waals surface area contributed by atoms with Crippen molar-refractivity contribution in [2.24, 2.45) is 0 Å². The van der Waals surface area contributed by atoms with Crippen molar-refractivity contribution in [3.63, 3.8) is 0 Å². The number of aromatic nitrogens is 4. The Kier molecular flexibility index (Phi) is 4.03. The van der Waals surface area contributed by atoms with Gasteiger partial charge in [0, 0.05) is 44.8 Å². The fourth-order valence-corrected chi connectivity index (χ4v) is 3.42. The lowest BCUT2D eigenvalue weighted by Gasteiger charge is -2.33. The van der Waals surface area contributed by atoms with E-state index < -0.39 is 0 Å². The fourth-order valence-electron chi connectivity index (χ4n) is 3.42. The molecule has 1 saturated carbocycles. The van der Waals surface area contributed by atoms with Crippen molar-refractivity contribution in [1.82, 2.24) is 24.6 Å². The number of nitrogens with zero attached hydrogens (tertiary/aromatic N) is 5. The molecule has 0 unspecified atom stereocenters. The van der Waals surface area contributed by atoms with Gasteiger partial charge in [-0.3, -0.25) is 14.3 Å². The van der Waals surface area contributed by atoms with Crippen LogP contribution >= 0.6 is 0 Å². The third kappa shape index (κ3) is 3.04. The maximum absolute atomic E-state index is 12.7. The summed E-state index contributed by atoms with van der Waals surface area (Å²) in [6.07, 6.45) is 9.40. The molecule has 2 fully saturated rings. The predicted octanol–water partition coefficient (Wildman–Crippen LogP) is 0.976. The topological polar surface area (TPSA) is 85.0 Å². The molecule has 8 heteroatoms. The third-order valence-corrected chi connectivity index (χ3v) is 4.93. The molecule has 1 atom stereocenters. The molecule has 8 nitrogen and oxygen atoms in total. The summed E-state index contributed by atoms with van der Waals surface area (Å²) < 4.78 is 3.64. The molecule has 25 heavy (non-hydrogen) atoms. The van der Waals surface area contributed by atoms with Gasteiger partial charge in [0.1, 0.15) is 5.69 Å². The van der Waals surface area contributed by atoms with E-state index in [0.717, 1.165) is 32.2 Å². The van der Waals surface area contributed by atoms with Crippen LogP contribution in [0.2, 0.25) is 0 Å². The van der Waals surface area contributed by atoms with Crippen LogP contribution < -0.4 is 15.8 Å². The number of carbonyl (C=O) groups excluding carboxylic acids is 1. The zero-order chi connectivity index (χ0) is 17.4. The van der Waals surface area contributed by atoms with Crippen LogP contribution in [0, 0.1) is 0 Å². The van der Waals surface area contributed by atoms with Crippen molar-refractivity contribution in [3.05, 3.63) is 40.7 Å². The van der Waals surface area contributed by atoms with E-state index in [1.165, 1.54) is 0 Å². The normalized spacial score (nSPS) is 20.5. The van der Waals surface area contributed by atoms with Gasteiger partial charge in [-0.1, -0.05) is 0 Å². The number of hydrogen-bond donors (Lipinski definition) is 1. The van der Waals surface area contributed by atoms with E-state index in [1.807, 2.05) is 15.4 Å². The van der Waals surface area contributed by atoms with Crippen LogP contribution in [-0.2, 0) is 0 Å². The Morgan fingerprint density at radius 1 is 1.24 bits per heavy atom. The lowest BCUT2D eigenvalue weighted by Crippen LogP contribution is -2.41. The minimum Gasteiger partial charge on any atom is -0.354 e. The zero-order valence-electron chi connectivity index (χ0n) is 14.3. The van der Waals surface area contributed by atoms with E-state index in [4.69, 9.17) is 0 Å². The molecule has 1 aliphatic carbocycles. The van der Waals surface area contributed by atoms with Gasteiger partial charge in [0.15, 0.2) is 5.82 Å². The van der Waals surface area contributed by atoms with Crippen LogP contribution in [0.4, 0.5) is 5.82 Å². The highest BCUT2D eigenvalue weighted by Gasteiger charge is 2.29. The summed E-state index contributed by atoms with van der Waals surface area (Å²) in [6, 6.07) is 2.19. The Labute approximate surface area is 145 Å². The van der Waals surface area contributed by atoms with Crippen molar-refractivity contribution < 1.29 is 4.79 Å². The highest BCUT2D eigenvalue weighted by molar-refractivity contribution is 5.91. The van der Waals surface area contributed by atoms with Crippen molar-refractivity contribution in [2.45, 2.75) is 37.8 Å². The molecule has 3 heterocycles. The molecule has 0 spiro atoms. The summed E-state index contributed by atoms with van der Waals surface area (Å²) in [5.74, 6) is 0.334. The van der Waals surface area contributed by atoms with Gasteiger partial charge in [0.05, 0.1) is 6.04 Å². The lowest BCUT2D eigenvalue weighted by atomic mass is 10.1. The number of hydrogen-bond acceptors (Lipinski definition) is 5. The molecule has 132 valence electrons. The molecule has 1 N–H and O–H groups in total. The smallest absolute Gasteiger partial charge is 0.293 e. The zero-order valence-corrected chi connectivity index (χ0v) is 14.3. The van der Waals surface area contributed by atoms with Gasteiger partial charge in [-0.05, 0) is 31.7 Å². The number of carbonyl (C=O) groups is 1. The van der Waals surface area contributed by atoms with Gasteiger partial charge in [0.25, 0.3) is 11.5 Å². The molecule has 0 aromatic carbocycles. The maximum atomic E-state index is 12.7. The number of nitrogens with one attached hydrogen (secondary N) is 1. The average Bonchev–Trinajstić information content (AvgIpc) is 3.37. The van der Waals surface area contributed by atoms with E-state index in [1.54, 1.807) is 25.5 Å². The van der Waals surface area contributed by atoms with Crippen LogP contribution in [0.25, 0.3) is 0 Å². The summed E-state index contributed by atoms with van der Waals surface area (Å²) in [5.41, 5.74) is 0.408. The van der Waals surface area contributed by atoms with E-state index in [0.29, 0.717) is 24.1 Å². The first-order valence-corrected chi connectivity index (χ1v) is 8.76. The fraction of sp³-hybridized carbons (Fsp3) is 0.529. The Morgan fingerprint density at radius 3 is 2.84 bits per heavy atom. The first kappa shape index (κ1) is 15.9. The second-order valence-corrected chi connectivity index (χ2v) is 6.70. The van der Waals surface area contributed by atoms with Crippen LogP contribution in [0.1, 0.15) is 48.3 Å². The molecule has 2 aromatic heterocycles. The second kappa shape index (κ2) is 6.34. The summed E-state index contributed by atoms with van der Waals surface area (Å²) >= 11 is 0. The lowest BCUT2D eigenvalue weighted by molar-refractivity contribution is 0.0957. The van der Waals surface area contributed by atoms with Crippen molar-refractivity contribution in [1.29, 1.82) is 0 Å². The molecule has 1 saturated heterocycles. The molecule has 4 rings (SSSR count). The SMILES string of the molecule is CNC(=O)c1ccn([C@@H]2CCCN(c3nccn(C4CC4)c3=O)C2)n1. The second-order valence-electron chi connectivity index (χ2n) is 6.70. The maximum Gasteiger partial charge on any atom is 0.293 e. The summed E-state index contributed by atoms with van der Waals surface area (Å²) in [6.45, 7) is 1.49. The molecule has 2 aromatic rings. The highest BCUT2D eigenvalue weighted by Crippen LogP contribution is 2.33. The Hall–Kier alpha value is -2.64. The Morgan fingerprint density at radius 2 is 2.08 bits per heavy atom. The van der Waals surface area contributed by atoms with Crippen molar-refractivity contribution in [3.8, 4) is 0 Å². The number of piperidine rings is 1. The average molecular weight is 342 g/mol. The van der Waals surface area contributed by atoms with Crippen molar-refractivity contribution in [2.75, 3.05) is 25.0 Å². The van der Waals surface area contributed by atoms with E-state index >= 15 is 0 Å². The van der Waals surface area contributed by atoms with E-state index in [9.17, 15) is 9.59 Å². The molecule has 0 bridgehead atoms. The standard InChI is InChI=1S/C17H22N6O2/c1-18-16(24)14-6-9-23(20-14)13-3-2-8-21(11-13)15-17(25)22(10-7-19-15)12-4-5-12/h6-7,9-10,12-13H,2-5,8,11H2,1H3,(H,18,24)/t13-/m1/s1. The summed E-state index contributed by atoms with van der Waals surface area (Å²) in [7, 11) is 1.59. The molecule has 1 aliphatic heterocycles. The summed E-state index contributed by atoms with van der Waals surface area (Å²) in [4.78, 5) is 30.8. The van der Waals surface area contributed by atoms with Gasteiger partial charge in [-0.15, -0.1) is 0 Å². The van der Waals surface area contributed by atoms with Gasteiger partial charge < -0.3 is 14.8 Å². The molecular formula is C17H22N6O2. The first-order chi connectivity index (χ1) is 12.2. The predicted molar refractivity (Wildman–Crippen MR) is 92.9 cm³/mol. The van der Waals surface area contributed by atoms with Crippen LogP contribution in [-0.4, -0.2) is 45.4 Å². The van der Waals surface area contributed by atoms with Gasteiger partial charge in [-0.2, -0.15) is 5.10 Å². The van der Waals surface area contributed by atoms with Crippen LogP contribution in [0.3, 0.4) is 0 Å². The van der Waals surface area contributed by atoms with Crippen LogP contribution in [0.15, 0.2) is 29.5 Å². The van der Waals surface area contributed by atoms with E-state index in [-0.39, 0.29) is 17.5 Å². The van der Waals surface area contributed by atoms with Gasteiger partial charge in [-0.25, -0.2) is 4.98 Å². The molecule has 1 amide bonds. The number of amides is 1. The first-order valence-electron chi connectivity index (χ1n) is 8.76. The summed E-state index contributed by atoms with van der Waals surface area (Å²) in [5, 5.41) is 6.97. The molecule has 2 aliphatic rings. The van der Waals surface area contributed by atoms with Crippen LogP contribution in [0.5, 0.6) is 0 Å². The monoisotopic (exact) mass is 342 g/mol. The molecule has 0 radical (unpaired) electrons. The Bertz CT molecular complexity index is 838. The van der Waals surface area contributed by atoms with Gasteiger partial charge in [0.2, 0.25) is 0 Å². The number of rotatable bonds is 4. The number of anilines is 1. The van der Waals surface area contributed by atoms with E-state index in [2.05, 4.69) is 20.3 Å². The minimum atomic E-state index is -0.191. The quantitative estimate of drug-likeness (QED) is 0.895. The molecular weight excluding hydrogens is 320 g/mol. The Balaban J connectivity index is 1.55. The minimum absolute atomic E-state index is 0.00262. The highest BCUT2D eigenvalue weighted by atomic mass is 16.2. The largest absolute Gasteiger partial charge is 0.354 e.